The van der Waals surface area contributed by atoms with E-state index in [1.807, 2.05) is 16.8 Å². The SMILES string of the molecule is CN1CC[C@@H](Nc2cccn3c(SC(F)(F)F)c(-c4noc(CNC(=O)c5csc(N6CCOCC6)n5)n4)cc23)[C@@H](F)C1. The molecule has 0 bridgehead atoms. The number of amides is 1. The average Bonchev–Trinajstić information content (AvgIpc) is 3.73. The predicted octanol–water partition coefficient (Wildman–Crippen LogP) is 4.28. The molecule has 2 saturated heterocycles. The first kappa shape index (κ1) is 29.7. The summed E-state index contributed by atoms with van der Waals surface area (Å²) in [5.41, 5.74) is -3.37. The summed E-state index contributed by atoms with van der Waals surface area (Å²) in [6, 6.07) is 4.34. The molecule has 4 aromatic rings. The van der Waals surface area contributed by atoms with E-state index in [4.69, 9.17) is 9.26 Å². The van der Waals surface area contributed by atoms with Gasteiger partial charge in [-0.15, -0.1) is 11.3 Å². The monoisotopic (exact) mass is 640 g/mol. The van der Waals surface area contributed by atoms with Crippen LogP contribution in [0.4, 0.5) is 28.4 Å². The van der Waals surface area contributed by atoms with Gasteiger partial charge in [-0.1, -0.05) is 5.16 Å². The van der Waals surface area contributed by atoms with Crippen LogP contribution in [0.3, 0.4) is 0 Å². The quantitative estimate of drug-likeness (QED) is 0.214. The largest absolute Gasteiger partial charge is 0.447 e. The van der Waals surface area contributed by atoms with E-state index in [1.54, 1.807) is 17.5 Å². The highest BCUT2D eigenvalue weighted by molar-refractivity contribution is 8.00. The van der Waals surface area contributed by atoms with E-state index in [9.17, 15) is 22.4 Å². The molecule has 1 amide bonds. The Bertz CT molecular complexity index is 1590. The number of halogens is 4. The van der Waals surface area contributed by atoms with Crippen LogP contribution in [0.25, 0.3) is 16.9 Å². The van der Waals surface area contributed by atoms with Crippen molar-refractivity contribution in [3.05, 3.63) is 41.4 Å². The van der Waals surface area contributed by atoms with Crippen LogP contribution in [-0.4, -0.2) is 94.5 Å². The van der Waals surface area contributed by atoms with Gasteiger partial charge in [0.05, 0.1) is 47.6 Å². The van der Waals surface area contributed by atoms with Crippen molar-refractivity contribution in [1.82, 2.24) is 29.7 Å². The van der Waals surface area contributed by atoms with Crippen LogP contribution < -0.4 is 15.5 Å². The van der Waals surface area contributed by atoms with E-state index in [1.165, 1.54) is 28.0 Å². The lowest BCUT2D eigenvalue weighted by atomic mass is 10.0. The number of fused-ring (bicyclic) bond motifs is 1. The minimum absolute atomic E-state index is 0.00939. The van der Waals surface area contributed by atoms with E-state index in [0.29, 0.717) is 50.5 Å². The molecule has 230 valence electrons. The number of anilines is 2. The number of thioether (sulfide) groups is 1. The molecule has 2 N–H and O–H groups in total. The van der Waals surface area contributed by atoms with Gasteiger partial charge in [-0.05, 0) is 31.7 Å². The third-order valence-electron chi connectivity index (χ3n) is 7.18. The molecule has 2 atom stereocenters. The summed E-state index contributed by atoms with van der Waals surface area (Å²) in [5, 5.41) is 12.0. The lowest BCUT2D eigenvalue weighted by Gasteiger charge is -2.33. The molecule has 11 nitrogen and oxygen atoms in total. The second-order valence-electron chi connectivity index (χ2n) is 10.2. The van der Waals surface area contributed by atoms with Crippen LogP contribution in [0, 0.1) is 0 Å². The number of piperidine rings is 1. The number of hydrogen-bond acceptors (Lipinski definition) is 11. The molecule has 17 heteroatoms. The molecular weight excluding hydrogens is 612 g/mol. The van der Waals surface area contributed by atoms with Crippen LogP contribution in [0.2, 0.25) is 0 Å². The van der Waals surface area contributed by atoms with Gasteiger partial charge in [-0.3, -0.25) is 4.79 Å². The summed E-state index contributed by atoms with van der Waals surface area (Å²) in [5.74, 6) is -0.513. The first-order chi connectivity index (χ1) is 20.6. The number of hydrogen-bond donors (Lipinski definition) is 2. The van der Waals surface area contributed by atoms with E-state index < -0.39 is 23.6 Å². The van der Waals surface area contributed by atoms with E-state index in [-0.39, 0.29) is 52.8 Å². The van der Waals surface area contributed by atoms with Crippen LogP contribution in [0.1, 0.15) is 22.8 Å². The van der Waals surface area contributed by atoms with Crippen molar-refractivity contribution in [2.45, 2.75) is 35.7 Å². The molecular formula is C26H28F4N8O3S2. The van der Waals surface area contributed by atoms with Crippen molar-refractivity contribution in [1.29, 1.82) is 0 Å². The van der Waals surface area contributed by atoms with Gasteiger partial charge in [0.1, 0.15) is 11.9 Å². The summed E-state index contributed by atoms with van der Waals surface area (Å²) in [6.45, 7) is 3.38. The Labute approximate surface area is 251 Å². The van der Waals surface area contributed by atoms with Gasteiger partial charge in [0.15, 0.2) is 5.13 Å². The summed E-state index contributed by atoms with van der Waals surface area (Å²) < 4.78 is 67.7. The van der Waals surface area contributed by atoms with Crippen molar-refractivity contribution in [2.24, 2.45) is 0 Å². The number of thiazole rings is 1. The van der Waals surface area contributed by atoms with E-state index in [0.717, 1.165) is 5.13 Å². The Morgan fingerprint density at radius 2 is 2.05 bits per heavy atom. The highest BCUT2D eigenvalue weighted by Gasteiger charge is 2.34. The van der Waals surface area contributed by atoms with Crippen molar-refractivity contribution >= 4 is 45.3 Å². The number of rotatable bonds is 8. The second kappa shape index (κ2) is 12.3. The molecule has 0 aromatic carbocycles. The van der Waals surface area contributed by atoms with Crippen LogP contribution in [-0.2, 0) is 11.3 Å². The Morgan fingerprint density at radius 3 is 2.81 bits per heavy atom. The first-order valence-corrected chi connectivity index (χ1v) is 15.2. The maximum absolute atomic E-state index is 14.7. The standard InChI is InChI=1S/C26H28F4N8O3S2/c1-36-6-4-17(16(27)13-36)32-18-3-2-5-38-20(18)11-15(24(38)43-26(28,29)30)22-34-21(41-35-22)12-31-23(39)19-14-42-25(33-19)37-7-9-40-10-8-37/h2-3,5,11,14,16-17,32H,4,6-10,12-13H2,1H3,(H,31,39)/t16-,17+/m0/s1. The summed E-state index contributed by atoms with van der Waals surface area (Å²) in [6.07, 6.45) is 0.911. The normalized spacial score (nSPS) is 20.1. The lowest BCUT2D eigenvalue weighted by Crippen LogP contribution is -2.46. The molecule has 0 spiro atoms. The summed E-state index contributed by atoms with van der Waals surface area (Å²) >= 11 is 1.05. The summed E-state index contributed by atoms with van der Waals surface area (Å²) in [7, 11) is 1.84. The van der Waals surface area contributed by atoms with E-state index in [2.05, 4.69) is 25.8 Å². The lowest BCUT2D eigenvalue weighted by molar-refractivity contribution is -0.0329. The van der Waals surface area contributed by atoms with E-state index >= 15 is 0 Å². The smallest absolute Gasteiger partial charge is 0.378 e. The topological polar surface area (TPSA) is 113 Å². The molecule has 2 aliphatic rings. The second-order valence-corrected chi connectivity index (χ2v) is 12.1. The first-order valence-electron chi connectivity index (χ1n) is 13.5. The van der Waals surface area contributed by atoms with Crippen LogP contribution in [0.5, 0.6) is 0 Å². The number of nitrogens with zero attached hydrogens (tertiary/aromatic N) is 6. The van der Waals surface area contributed by atoms with Gasteiger partial charge in [-0.25, -0.2) is 9.37 Å². The molecule has 0 radical (unpaired) electrons. The van der Waals surface area contributed by atoms with Crippen LogP contribution >= 0.6 is 23.1 Å². The molecule has 6 rings (SSSR count). The number of ether oxygens (including phenoxy) is 1. The number of morpholine rings is 1. The zero-order valence-electron chi connectivity index (χ0n) is 22.9. The molecule has 4 aromatic heterocycles. The fourth-order valence-corrected chi connectivity index (χ4v) is 6.64. The van der Waals surface area contributed by atoms with Gasteiger partial charge in [0, 0.05) is 49.5 Å². The van der Waals surface area contributed by atoms with Crippen molar-refractivity contribution < 1.29 is 31.6 Å². The Kier molecular flexibility index (Phi) is 8.48. The van der Waals surface area contributed by atoms with Gasteiger partial charge in [0.2, 0.25) is 11.7 Å². The van der Waals surface area contributed by atoms with Crippen molar-refractivity contribution in [2.75, 3.05) is 56.7 Å². The summed E-state index contributed by atoms with van der Waals surface area (Å²) in [4.78, 5) is 25.3. The molecule has 2 fully saturated rings. The molecule has 43 heavy (non-hydrogen) atoms. The molecule has 0 aliphatic carbocycles. The average molecular weight is 641 g/mol. The third kappa shape index (κ3) is 6.73. The van der Waals surface area contributed by atoms with Gasteiger partial charge >= 0.3 is 5.51 Å². The molecule has 2 aliphatic heterocycles. The van der Waals surface area contributed by atoms with Gasteiger partial charge in [-0.2, -0.15) is 18.2 Å². The number of pyridine rings is 1. The number of carbonyl (C=O) groups is 1. The number of aromatic nitrogens is 4. The molecule has 0 unspecified atom stereocenters. The number of carbonyl (C=O) groups excluding carboxylic acids is 1. The highest BCUT2D eigenvalue weighted by atomic mass is 32.2. The maximum atomic E-state index is 14.7. The Hall–Kier alpha value is -3.41. The highest BCUT2D eigenvalue weighted by Crippen LogP contribution is 2.44. The maximum Gasteiger partial charge on any atom is 0.447 e. The fraction of sp³-hybridized carbons (Fsp3) is 0.462. The number of alkyl halides is 4. The minimum atomic E-state index is -4.60. The number of likely N-dealkylation sites (tertiary alicyclic amines) is 1. The molecule has 0 saturated carbocycles. The zero-order chi connectivity index (χ0) is 30.1. The number of nitrogens with one attached hydrogen (secondary N) is 2. The van der Waals surface area contributed by atoms with Crippen molar-refractivity contribution in [3.8, 4) is 11.4 Å². The zero-order valence-corrected chi connectivity index (χ0v) is 24.6. The van der Waals surface area contributed by atoms with Gasteiger partial charge in [0.25, 0.3) is 5.91 Å². The predicted molar refractivity (Wildman–Crippen MR) is 153 cm³/mol. The Morgan fingerprint density at radius 1 is 1.23 bits per heavy atom. The Balaban J connectivity index is 1.21. The van der Waals surface area contributed by atoms with Gasteiger partial charge < -0.3 is 34.1 Å². The minimum Gasteiger partial charge on any atom is -0.378 e. The van der Waals surface area contributed by atoms with Crippen molar-refractivity contribution in [3.63, 3.8) is 0 Å². The fourth-order valence-electron chi connectivity index (χ4n) is 5.04. The third-order valence-corrected chi connectivity index (χ3v) is 8.92. The molecule has 6 heterocycles. The van der Waals surface area contributed by atoms with Crippen LogP contribution in [0.15, 0.2) is 39.3 Å².